The van der Waals surface area contributed by atoms with Crippen LogP contribution in [0.4, 0.5) is 4.39 Å². The monoisotopic (exact) mass is 312 g/mol. The second-order valence-electron chi connectivity index (χ2n) is 4.05. The molecule has 2 rings (SSSR count). The summed E-state index contributed by atoms with van der Waals surface area (Å²) >= 11 is 3.19. The summed E-state index contributed by atoms with van der Waals surface area (Å²) in [4.78, 5) is 4.11. The topological polar surface area (TPSA) is 38.0 Å². The van der Waals surface area contributed by atoms with Crippen LogP contribution >= 0.6 is 15.9 Å². The highest BCUT2D eigenvalue weighted by Crippen LogP contribution is 2.25. The van der Waals surface area contributed by atoms with Crippen LogP contribution in [-0.4, -0.2) is 14.7 Å². The zero-order chi connectivity index (χ0) is 13.1. The van der Waals surface area contributed by atoms with Crippen LogP contribution in [0.25, 0.3) is 0 Å². The number of hydrogen-bond acceptors (Lipinski definition) is 2. The van der Waals surface area contributed by atoms with Crippen molar-refractivity contribution in [3.8, 4) is 0 Å². The van der Waals surface area contributed by atoms with E-state index in [2.05, 4.69) is 20.9 Å². The molecule has 3 nitrogen and oxygen atoms in total. The zero-order valence-corrected chi connectivity index (χ0v) is 11.6. The molecular formula is C13H14BrFN2O. The van der Waals surface area contributed by atoms with Crippen molar-refractivity contribution in [1.82, 2.24) is 9.55 Å². The van der Waals surface area contributed by atoms with Gasteiger partial charge in [0.1, 0.15) is 17.7 Å². The van der Waals surface area contributed by atoms with Gasteiger partial charge in [-0.25, -0.2) is 9.37 Å². The molecule has 1 N–H and O–H groups in total. The summed E-state index contributed by atoms with van der Waals surface area (Å²) in [6, 6.07) is 4.61. The van der Waals surface area contributed by atoms with E-state index >= 15 is 0 Å². The molecule has 0 saturated carbocycles. The first-order chi connectivity index (χ1) is 8.63. The number of aliphatic hydroxyl groups excluding tert-OH is 1. The average Bonchev–Trinajstić information content (AvgIpc) is 2.77. The van der Waals surface area contributed by atoms with Gasteiger partial charge in [0.15, 0.2) is 0 Å². The van der Waals surface area contributed by atoms with Crippen LogP contribution in [0.5, 0.6) is 0 Å². The zero-order valence-electron chi connectivity index (χ0n) is 9.98. The molecular weight excluding hydrogens is 299 g/mol. The summed E-state index contributed by atoms with van der Waals surface area (Å²) in [6.45, 7) is 2.79. The van der Waals surface area contributed by atoms with E-state index in [1.54, 1.807) is 24.5 Å². The minimum atomic E-state index is -1.04. The summed E-state index contributed by atoms with van der Waals surface area (Å²) in [7, 11) is 0. The first-order valence-corrected chi connectivity index (χ1v) is 6.56. The standard InChI is InChI=1S/C13H14BrFN2O/c1-2-6-17-7-5-16-13(17)12(18)10-4-3-9(14)8-11(10)15/h3-5,7-8,12,18H,2,6H2,1H3. The fourth-order valence-electron chi connectivity index (χ4n) is 1.86. The number of nitrogens with zero attached hydrogens (tertiary/aromatic N) is 2. The number of rotatable bonds is 4. The number of aromatic nitrogens is 2. The Morgan fingerprint density at radius 3 is 2.94 bits per heavy atom. The third-order valence-electron chi connectivity index (χ3n) is 2.71. The van der Waals surface area contributed by atoms with Crippen molar-refractivity contribution >= 4 is 15.9 Å². The summed E-state index contributed by atoms with van der Waals surface area (Å²) in [5.41, 5.74) is 0.238. The minimum absolute atomic E-state index is 0.238. The van der Waals surface area contributed by atoms with Gasteiger partial charge < -0.3 is 9.67 Å². The van der Waals surface area contributed by atoms with Crippen molar-refractivity contribution in [2.45, 2.75) is 26.0 Å². The molecule has 1 aromatic heterocycles. The molecule has 0 aliphatic rings. The lowest BCUT2D eigenvalue weighted by Gasteiger charge is -2.14. The van der Waals surface area contributed by atoms with Gasteiger partial charge in [0.05, 0.1) is 0 Å². The van der Waals surface area contributed by atoms with E-state index in [0.717, 1.165) is 13.0 Å². The number of halogens is 2. The summed E-state index contributed by atoms with van der Waals surface area (Å²) in [5.74, 6) is 0.0287. The maximum Gasteiger partial charge on any atom is 0.142 e. The van der Waals surface area contributed by atoms with Crippen LogP contribution in [0, 0.1) is 5.82 Å². The molecule has 5 heteroatoms. The van der Waals surface area contributed by atoms with Crippen LogP contribution in [0.3, 0.4) is 0 Å². The van der Waals surface area contributed by atoms with E-state index in [9.17, 15) is 9.50 Å². The van der Waals surface area contributed by atoms with Gasteiger partial charge in [0.25, 0.3) is 0 Å². The van der Waals surface area contributed by atoms with Crippen LogP contribution in [0.15, 0.2) is 35.1 Å². The maximum atomic E-state index is 13.8. The molecule has 1 heterocycles. The van der Waals surface area contributed by atoms with Crippen molar-refractivity contribution < 1.29 is 9.50 Å². The molecule has 0 saturated heterocycles. The van der Waals surface area contributed by atoms with E-state index in [-0.39, 0.29) is 5.56 Å². The average molecular weight is 313 g/mol. The Morgan fingerprint density at radius 2 is 2.28 bits per heavy atom. The molecule has 0 spiro atoms. The molecule has 0 aliphatic heterocycles. The molecule has 0 aliphatic carbocycles. The van der Waals surface area contributed by atoms with Crippen molar-refractivity contribution in [3.05, 3.63) is 52.3 Å². The molecule has 0 bridgehead atoms. The number of aliphatic hydroxyl groups is 1. The summed E-state index contributed by atoms with van der Waals surface area (Å²) < 4.78 is 16.3. The summed E-state index contributed by atoms with van der Waals surface area (Å²) in [6.07, 6.45) is 3.29. The fourth-order valence-corrected chi connectivity index (χ4v) is 2.19. The Labute approximate surface area is 113 Å². The van der Waals surface area contributed by atoms with Gasteiger partial charge >= 0.3 is 0 Å². The van der Waals surface area contributed by atoms with Crippen LogP contribution < -0.4 is 0 Å². The van der Waals surface area contributed by atoms with E-state index in [1.165, 1.54) is 6.07 Å². The normalized spacial score (nSPS) is 12.7. The number of imidazole rings is 1. The minimum Gasteiger partial charge on any atom is -0.380 e. The smallest absolute Gasteiger partial charge is 0.142 e. The molecule has 1 aromatic carbocycles. The molecule has 96 valence electrons. The lowest BCUT2D eigenvalue weighted by atomic mass is 10.1. The molecule has 18 heavy (non-hydrogen) atoms. The summed E-state index contributed by atoms with van der Waals surface area (Å²) in [5, 5.41) is 10.2. The van der Waals surface area contributed by atoms with Crippen molar-refractivity contribution in [1.29, 1.82) is 0 Å². The van der Waals surface area contributed by atoms with Crippen molar-refractivity contribution in [3.63, 3.8) is 0 Å². The fraction of sp³-hybridized carbons (Fsp3) is 0.308. The molecule has 2 aromatic rings. The quantitative estimate of drug-likeness (QED) is 0.941. The number of aryl methyl sites for hydroxylation is 1. The Morgan fingerprint density at radius 1 is 1.50 bits per heavy atom. The third-order valence-corrected chi connectivity index (χ3v) is 3.21. The Balaban J connectivity index is 2.35. The molecule has 0 radical (unpaired) electrons. The van der Waals surface area contributed by atoms with E-state index < -0.39 is 11.9 Å². The van der Waals surface area contributed by atoms with Gasteiger partial charge in [-0.05, 0) is 18.6 Å². The highest BCUT2D eigenvalue weighted by molar-refractivity contribution is 9.10. The number of benzene rings is 1. The second kappa shape index (κ2) is 5.63. The molecule has 1 atom stereocenters. The third kappa shape index (κ3) is 2.62. The predicted octanol–water partition coefficient (Wildman–Crippen LogP) is 3.28. The number of hydrogen-bond donors (Lipinski definition) is 1. The Bertz CT molecular complexity index is 542. The van der Waals surface area contributed by atoms with Gasteiger partial charge in [-0.1, -0.05) is 28.9 Å². The van der Waals surface area contributed by atoms with Gasteiger partial charge in [-0.2, -0.15) is 0 Å². The Kier molecular flexibility index (Phi) is 4.14. The van der Waals surface area contributed by atoms with E-state index in [0.29, 0.717) is 10.3 Å². The molecule has 0 fully saturated rings. The highest BCUT2D eigenvalue weighted by Gasteiger charge is 2.19. The van der Waals surface area contributed by atoms with Crippen molar-refractivity contribution in [2.24, 2.45) is 0 Å². The van der Waals surface area contributed by atoms with Gasteiger partial charge in [-0.15, -0.1) is 0 Å². The first-order valence-electron chi connectivity index (χ1n) is 5.77. The second-order valence-corrected chi connectivity index (χ2v) is 4.96. The molecule has 1 unspecified atom stereocenters. The van der Waals surface area contributed by atoms with Gasteiger partial charge in [-0.3, -0.25) is 0 Å². The van der Waals surface area contributed by atoms with E-state index in [1.807, 2.05) is 11.5 Å². The molecule has 0 amide bonds. The highest BCUT2D eigenvalue weighted by atomic mass is 79.9. The first kappa shape index (κ1) is 13.2. The lowest BCUT2D eigenvalue weighted by molar-refractivity contribution is 0.199. The van der Waals surface area contributed by atoms with Crippen LogP contribution in [0.2, 0.25) is 0 Å². The van der Waals surface area contributed by atoms with E-state index in [4.69, 9.17) is 0 Å². The van der Waals surface area contributed by atoms with Crippen molar-refractivity contribution in [2.75, 3.05) is 0 Å². The maximum absolute atomic E-state index is 13.8. The SMILES string of the molecule is CCCn1ccnc1C(O)c1ccc(Br)cc1F. The lowest BCUT2D eigenvalue weighted by Crippen LogP contribution is -2.11. The van der Waals surface area contributed by atoms with Gasteiger partial charge in [0, 0.05) is 29.0 Å². The van der Waals surface area contributed by atoms with Crippen LogP contribution in [0.1, 0.15) is 30.8 Å². The van der Waals surface area contributed by atoms with Gasteiger partial charge in [0.2, 0.25) is 0 Å². The predicted molar refractivity (Wildman–Crippen MR) is 70.7 cm³/mol. The largest absolute Gasteiger partial charge is 0.380 e. The van der Waals surface area contributed by atoms with Crippen LogP contribution in [-0.2, 0) is 6.54 Å². The Hall–Kier alpha value is -1.20.